The number of ether oxygens (including phenoxy) is 1. The molecule has 1 aliphatic rings. The molecule has 6 nitrogen and oxygen atoms in total. The summed E-state index contributed by atoms with van der Waals surface area (Å²) < 4.78 is 4.66. The Bertz CT molecular complexity index is 532. The van der Waals surface area contributed by atoms with Crippen molar-refractivity contribution < 1.29 is 14.3 Å². The molecule has 1 heterocycles. The van der Waals surface area contributed by atoms with E-state index >= 15 is 0 Å². The molecule has 0 aliphatic carbocycles. The molecule has 2 amide bonds. The van der Waals surface area contributed by atoms with Crippen LogP contribution in [0.3, 0.4) is 0 Å². The fourth-order valence-corrected chi connectivity index (χ4v) is 2.12. The van der Waals surface area contributed by atoms with Gasteiger partial charge in [0.25, 0.3) is 0 Å². The third-order valence-corrected chi connectivity index (χ3v) is 3.38. The smallest absolute Gasteiger partial charge is 0.409 e. The Morgan fingerprint density at radius 3 is 2.24 bits per heavy atom. The van der Waals surface area contributed by atoms with E-state index in [9.17, 15) is 9.59 Å². The summed E-state index contributed by atoms with van der Waals surface area (Å²) in [5.74, 6) is -0.0589. The summed E-state index contributed by atoms with van der Waals surface area (Å²) in [6.07, 6.45) is 2.95. The molecule has 112 valence electrons. The zero-order chi connectivity index (χ0) is 15.2. The van der Waals surface area contributed by atoms with Gasteiger partial charge in [-0.3, -0.25) is 4.79 Å². The Morgan fingerprint density at radius 1 is 1.10 bits per heavy atom. The topological polar surface area (TPSA) is 75.9 Å². The number of nitrogen functional groups attached to an aromatic ring is 1. The van der Waals surface area contributed by atoms with Crippen LogP contribution in [0.2, 0.25) is 0 Å². The van der Waals surface area contributed by atoms with Crippen molar-refractivity contribution in [3.8, 4) is 0 Å². The van der Waals surface area contributed by atoms with Crippen LogP contribution >= 0.6 is 0 Å². The van der Waals surface area contributed by atoms with Gasteiger partial charge in [0, 0.05) is 37.9 Å². The Hall–Kier alpha value is -2.50. The molecular formula is C15H19N3O3. The van der Waals surface area contributed by atoms with Crippen molar-refractivity contribution >= 4 is 23.8 Å². The summed E-state index contributed by atoms with van der Waals surface area (Å²) in [6.45, 7) is 2.02. The second kappa shape index (κ2) is 6.78. The van der Waals surface area contributed by atoms with E-state index in [1.165, 1.54) is 7.11 Å². The number of anilines is 1. The molecule has 0 atom stereocenters. The lowest BCUT2D eigenvalue weighted by Crippen LogP contribution is -2.50. The molecule has 0 unspecified atom stereocenters. The maximum Gasteiger partial charge on any atom is 0.409 e. The Balaban J connectivity index is 1.87. The van der Waals surface area contributed by atoms with Crippen LogP contribution in [0.1, 0.15) is 5.56 Å². The lowest BCUT2D eigenvalue weighted by molar-refractivity contribution is -0.127. The maximum absolute atomic E-state index is 12.1. The van der Waals surface area contributed by atoms with Crippen molar-refractivity contribution in [2.75, 3.05) is 39.0 Å². The molecule has 6 heteroatoms. The van der Waals surface area contributed by atoms with Gasteiger partial charge < -0.3 is 20.3 Å². The van der Waals surface area contributed by atoms with E-state index in [2.05, 4.69) is 4.74 Å². The van der Waals surface area contributed by atoms with Crippen LogP contribution in [0, 0.1) is 0 Å². The van der Waals surface area contributed by atoms with Gasteiger partial charge in [-0.2, -0.15) is 0 Å². The van der Waals surface area contributed by atoms with E-state index in [0.717, 1.165) is 5.56 Å². The molecule has 0 spiro atoms. The second-order valence-electron chi connectivity index (χ2n) is 4.78. The highest BCUT2D eigenvalue weighted by molar-refractivity contribution is 5.92. The number of benzene rings is 1. The number of hydrogen-bond donors (Lipinski definition) is 1. The first kappa shape index (κ1) is 14.9. The van der Waals surface area contributed by atoms with Crippen LogP contribution in [0.15, 0.2) is 30.3 Å². The quantitative estimate of drug-likeness (QED) is 0.655. The molecule has 1 fully saturated rings. The molecule has 1 aromatic carbocycles. The van der Waals surface area contributed by atoms with Crippen LogP contribution in [-0.2, 0) is 9.53 Å². The zero-order valence-electron chi connectivity index (χ0n) is 12.0. The number of carbonyl (C=O) groups excluding carboxylic acids is 2. The first-order valence-electron chi connectivity index (χ1n) is 6.75. The third-order valence-electron chi connectivity index (χ3n) is 3.38. The predicted molar refractivity (Wildman–Crippen MR) is 80.4 cm³/mol. The summed E-state index contributed by atoms with van der Waals surface area (Å²) in [5.41, 5.74) is 7.22. The molecule has 0 radical (unpaired) electrons. The van der Waals surface area contributed by atoms with Crippen molar-refractivity contribution in [3.63, 3.8) is 0 Å². The van der Waals surface area contributed by atoms with Gasteiger partial charge in [0.2, 0.25) is 5.91 Å². The van der Waals surface area contributed by atoms with Crippen LogP contribution in [-0.4, -0.2) is 55.1 Å². The minimum absolute atomic E-state index is 0.0589. The molecule has 2 rings (SSSR count). The van der Waals surface area contributed by atoms with E-state index in [-0.39, 0.29) is 12.0 Å². The number of nitrogens with zero attached hydrogens (tertiary/aromatic N) is 2. The largest absolute Gasteiger partial charge is 0.453 e. The molecule has 1 aromatic rings. The van der Waals surface area contributed by atoms with Gasteiger partial charge in [0.1, 0.15) is 0 Å². The highest BCUT2D eigenvalue weighted by Crippen LogP contribution is 2.09. The average molecular weight is 289 g/mol. The molecule has 2 N–H and O–H groups in total. The monoisotopic (exact) mass is 289 g/mol. The predicted octanol–water partition coefficient (Wildman–Crippen LogP) is 1.19. The third kappa shape index (κ3) is 3.98. The fourth-order valence-electron chi connectivity index (χ4n) is 2.12. The molecule has 0 saturated carbocycles. The molecule has 1 saturated heterocycles. The number of hydrogen-bond acceptors (Lipinski definition) is 4. The van der Waals surface area contributed by atoms with Crippen molar-refractivity contribution in [3.05, 3.63) is 35.9 Å². The molecule has 1 aliphatic heterocycles. The first-order chi connectivity index (χ1) is 10.1. The fraction of sp³-hybridized carbons (Fsp3) is 0.333. The zero-order valence-corrected chi connectivity index (χ0v) is 12.0. The van der Waals surface area contributed by atoms with E-state index in [1.807, 2.05) is 12.1 Å². The second-order valence-corrected chi connectivity index (χ2v) is 4.78. The maximum atomic E-state index is 12.1. The lowest BCUT2D eigenvalue weighted by Gasteiger charge is -2.33. The average Bonchev–Trinajstić information content (AvgIpc) is 2.53. The van der Waals surface area contributed by atoms with Crippen LogP contribution < -0.4 is 5.73 Å². The molecule has 0 aromatic heterocycles. The first-order valence-corrected chi connectivity index (χ1v) is 6.75. The summed E-state index contributed by atoms with van der Waals surface area (Å²) in [4.78, 5) is 26.7. The minimum Gasteiger partial charge on any atom is -0.453 e. The van der Waals surface area contributed by atoms with E-state index in [1.54, 1.807) is 34.1 Å². The van der Waals surface area contributed by atoms with Crippen molar-refractivity contribution in [1.82, 2.24) is 9.80 Å². The van der Waals surface area contributed by atoms with Gasteiger partial charge in [-0.1, -0.05) is 12.1 Å². The molecule has 0 bridgehead atoms. The molecule has 21 heavy (non-hydrogen) atoms. The summed E-state index contributed by atoms with van der Waals surface area (Å²) >= 11 is 0. The lowest BCUT2D eigenvalue weighted by atomic mass is 10.2. The van der Waals surface area contributed by atoms with Crippen molar-refractivity contribution in [2.24, 2.45) is 0 Å². The van der Waals surface area contributed by atoms with Gasteiger partial charge in [-0.05, 0) is 23.8 Å². The van der Waals surface area contributed by atoms with E-state index in [0.29, 0.717) is 31.9 Å². The van der Waals surface area contributed by atoms with Gasteiger partial charge in [-0.15, -0.1) is 0 Å². The SMILES string of the molecule is COC(=O)N1CCN(C(=O)/C=C/c2ccc(N)cc2)CC1. The number of piperazine rings is 1. The number of carbonyl (C=O) groups is 2. The van der Waals surface area contributed by atoms with E-state index in [4.69, 9.17) is 5.73 Å². The normalized spacial score (nSPS) is 15.3. The number of rotatable bonds is 2. The van der Waals surface area contributed by atoms with Gasteiger partial charge in [0.15, 0.2) is 0 Å². The standard InChI is InChI=1S/C15H19N3O3/c1-21-15(20)18-10-8-17(9-11-18)14(19)7-4-12-2-5-13(16)6-3-12/h2-7H,8-11,16H2,1H3/b7-4+. The van der Waals surface area contributed by atoms with Gasteiger partial charge in [-0.25, -0.2) is 4.79 Å². The van der Waals surface area contributed by atoms with Crippen molar-refractivity contribution in [2.45, 2.75) is 0 Å². The Kier molecular flexibility index (Phi) is 4.81. The summed E-state index contributed by atoms with van der Waals surface area (Å²) in [7, 11) is 1.36. The summed E-state index contributed by atoms with van der Waals surface area (Å²) in [6, 6.07) is 7.29. The van der Waals surface area contributed by atoms with Crippen molar-refractivity contribution in [1.29, 1.82) is 0 Å². The number of amides is 2. The number of nitrogens with two attached hydrogens (primary N) is 1. The van der Waals surface area contributed by atoms with Crippen LogP contribution in [0.5, 0.6) is 0 Å². The summed E-state index contributed by atoms with van der Waals surface area (Å²) in [5, 5.41) is 0. The highest BCUT2D eigenvalue weighted by atomic mass is 16.5. The number of methoxy groups -OCH3 is 1. The molecular weight excluding hydrogens is 270 g/mol. The van der Waals surface area contributed by atoms with Crippen LogP contribution in [0.25, 0.3) is 6.08 Å². The minimum atomic E-state index is -0.348. The highest BCUT2D eigenvalue weighted by Gasteiger charge is 2.23. The van der Waals surface area contributed by atoms with Gasteiger partial charge >= 0.3 is 6.09 Å². The van der Waals surface area contributed by atoms with Gasteiger partial charge in [0.05, 0.1) is 7.11 Å². The Labute approximate surface area is 123 Å². The van der Waals surface area contributed by atoms with E-state index < -0.39 is 0 Å². The van der Waals surface area contributed by atoms with Crippen LogP contribution in [0.4, 0.5) is 10.5 Å². The Morgan fingerprint density at radius 2 is 1.67 bits per heavy atom.